The van der Waals surface area contributed by atoms with E-state index < -0.39 is 0 Å². The van der Waals surface area contributed by atoms with E-state index in [2.05, 4.69) is 35.3 Å². The predicted octanol–water partition coefficient (Wildman–Crippen LogP) is 4.41. The van der Waals surface area contributed by atoms with E-state index in [1.807, 2.05) is 29.7 Å². The minimum Gasteiger partial charge on any atom is -0.489 e. The molecular formula is C18H17ClN2O. The molecule has 1 saturated carbocycles. The molecule has 112 valence electrons. The second kappa shape index (κ2) is 5.03. The van der Waals surface area contributed by atoms with E-state index in [9.17, 15) is 0 Å². The third-order valence-corrected chi connectivity index (χ3v) is 4.91. The number of pyridine rings is 1. The summed E-state index contributed by atoms with van der Waals surface area (Å²) in [7, 11) is 0. The van der Waals surface area contributed by atoms with Gasteiger partial charge in [0, 0.05) is 11.6 Å². The smallest absolute Gasteiger partial charge is 0.181 e. The Morgan fingerprint density at radius 1 is 1.18 bits per heavy atom. The van der Waals surface area contributed by atoms with Crippen LogP contribution in [0, 0.1) is 6.92 Å². The molecule has 1 aliphatic rings. The van der Waals surface area contributed by atoms with Crippen LogP contribution in [0.1, 0.15) is 24.1 Å². The van der Waals surface area contributed by atoms with Gasteiger partial charge >= 0.3 is 0 Å². The van der Waals surface area contributed by atoms with Crippen molar-refractivity contribution in [2.24, 2.45) is 0 Å². The van der Waals surface area contributed by atoms with Crippen molar-refractivity contribution in [2.75, 3.05) is 6.61 Å². The van der Waals surface area contributed by atoms with Crippen LogP contribution < -0.4 is 4.74 Å². The van der Waals surface area contributed by atoms with Gasteiger partial charge in [-0.15, -0.1) is 0 Å². The molecule has 1 aromatic carbocycles. The van der Waals surface area contributed by atoms with E-state index in [1.54, 1.807) is 0 Å². The molecule has 22 heavy (non-hydrogen) atoms. The predicted molar refractivity (Wildman–Crippen MR) is 87.8 cm³/mol. The first kappa shape index (κ1) is 13.6. The van der Waals surface area contributed by atoms with Crippen LogP contribution in [0.4, 0.5) is 0 Å². The highest BCUT2D eigenvalue weighted by Gasteiger charge is 2.45. The van der Waals surface area contributed by atoms with Gasteiger partial charge in [0.05, 0.1) is 12.3 Å². The highest BCUT2D eigenvalue weighted by Crippen LogP contribution is 2.48. The Bertz CT molecular complexity index is 822. The average molecular weight is 313 g/mol. The number of rotatable bonds is 4. The number of hydrogen-bond donors (Lipinski definition) is 0. The fraction of sp³-hybridized carbons (Fsp3) is 0.278. The van der Waals surface area contributed by atoms with Crippen LogP contribution in [0.3, 0.4) is 0 Å². The van der Waals surface area contributed by atoms with Crippen LogP contribution in [-0.2, 0) is 5.41 Å². The number of imidazole rings is 1. The number of aromatic nitrogens is 2. The first-order valence-electron chi connectivity index (χ1n) is 7.51. The number of halogens is 1. The number of hydrogen-bond acceptors (Lipinski definition) is 2. The Morgan fingerprint density at radius 3 is 2.68 bits per heavy atom. The van der Waals surface area contributed by atoms with Crippen molar-refractivity contribution in [3.05, 3.63) is 65.1 Å². The van der Waals surface area contributed by atoms with Crippen molar-refractivity contribution in [3.8, 4) is 5.75 Å². The molecule has 0 bridgehead atoms. The Balaban J connectivity index is 1.61. The molecule has 0 aliphatic heterocycles. The lowest BCUT2D eigenvalue weighted by Crippen LogP contribution is -2.17. The average Bonchev–Trinajstić information content (AvgIpc) is 3.29. The highest BCUT2D eigenvalue weighted by atomic mass is 35.5. The van der Waals surface area contributed by atoms with Crippen LogP contribution in [0.2, 0.25) is 5.15 Å². The van der Waals surface area contributed by atoms with Gasteiger partial charge in [-0.05, 0) is 37.5 Å². The first-order valence-corrected chi connectivity index (χ1v) is 7.89. The fourth-order valence-corrected chi connectivity index (χ4v) is 3.09. The van der Waals surface area contributed by atoms with Crippen molar-refractivity contribution in [2.45, 2.75) is 25.2 Å². The molecule has 4 heteroatoms. The number of ether oxygens (including phenoxy) is 1. The quantitative estimate of drug-likeness (QED) is 0.713. The summed E-state index contributed by atoms with van der Waals surface area (Å²) < 4.78 is 8.00. The summed E-state index contributed by atoms with van der Waals surface area (Å²) >= 11 is 6.26. The fourth-order valence-electron chi connectivity index (χ4n) is 2.91. The minimum atomic E-state index is 0.166. The van der Waals surface area contributed by atoms with Gasteiger partial charge < -0.3 is 4.74 Å². The van der Waals surface area contributed by atoms with E-state index in [1.165, 1.54) is 18.4 Å². The summed E-state index contributed by atoms with van der Waals surface area (Å²) in [6, 6.07) is 14.5. The molecule has 0 spiro atoms. The van der Waals surface area contributed by atoms with Crippen LogP contribution in [0.5, 0.6) is 5.75 Å². The van der Waals surface area contributed by atoms with Crippen LogP contribution in [0.25, 0.3) is 5.65 Å². The lowest BCUT2D eigenvalue weighted by atomic mass is 9.97. The van der Waals surface area contributed by atoms with E-state index in [-0.39, 0.29) is 5.41 Å². The van der Waals surface area contributed by atoms with Crippen molar-refractivity contribution in [3.63, 3.8) is 0 Å². The SMILES string of the molecule is Cc1nc2c(OCC3(c4ccccc4)CC3)cccn2c1Cl. The largest absolute Gasteiger partial charge is 0.489 e. The molecule has 1 fully saturated rings. The summed E-state index contributed by atoms with van der Waals surface area (Å²) in [6.45, 7) is 2.59. The zero-order valence-corrected chi connectivity index (χ0v) is 13.2. The lowest BCUT2D eigenvalue weighted by molar-refractivity contribution is 0.279. The Hall–Kier alpha value is -2.00. The van der Waals surface area contributed by atoms with Gasteiger partial charge in [0.1, 0.15) is 5.15 Å². The zero-order chi connectivity index (χ0) is 15.2. The third-order valence-electron chi connectivity index (χ3n) is 4.46. The Labute approximate surface area is 134 Å². The van der Waals surface area contributed by atoms with E-state index in [4.69, 9.17) is 16.3 Å². The lowest BCUT2D eigenvalue weighted by Gasteiger charge is -2.17. The van der Waals surface area contributed by atoms with Crippen LogP contribution >= 0.6 is 11.6 Å². The number of nitrogens with zero attached hydrogens (tertiary/aromatic N) is 2. The second-order valence-electron chi connectivity index (χ2n) is 5.99. The molecule has 0 amide bonds. The van der Waals surface area contributed by atoms with Gasteiger partial charge in [0.2, 0.25) is 0 Å². The van der Waals surface area contributed by atoms with Gasteiger partial charge in [-0.3, -0.25) is 4.40 Å². The maximum absolute atomic E-state index is 6.26. The molecule has 2 heterocycles. The Morgan fingerprint density at radius 2 is 1.95 bits per heavy atom. The normalized spacial score (nSPS) is 15.9. The summed E-state index contributed by atoms with van der Waals surface area (Å²) in [5, 5.41) is 0.643. The second-order valence-corrected chi connectivity index (χ2v) is 6.35. The standard InChI is InChI=1S/C18H17ClN2O/c1-13-16(19)21-11-5-8-15(17(21)20-13)22-12-18(9-10-18)14-6-3-2-4-7-14/h2-8,11H,9-10,12H2,1H3. The number of aryl methyl sites for hydroxylation is 1. The number of fused-ring (bicyclic) bond motifs is 1. The van der Waals surface area contributed by atoms with Crippen LogP contribution in [0.15, 0.2) is 48.7 Å². The monoisotopic (exact) mass is 312 g/mol. The van der Waals surface area contributed by atoms with E-state index >= 15 is 0 Å². The van der Waals surface area contributed by atoms with E-state index in [0.29, 0.717) is 11.8 Å². The summed E-state index contributed by atoms with van der Waals surface area (Å²) in [5.41, 5.74) is 3.13. The van der Waals surface area contributed by atoms with Gasteiger partial charge in [-0.2, -0.15) is 0 Å². The van der Waals surface area contributed by atoms with Gasteiger partial charge in [0.15, 0.2) is 11.4 Å². The van der Waals surface area contributed by atoms with Crippen molar-refractivity contribution in [1.29, 1.82) is 0 Å². The summed E-state index contributed by atoms with van der Waals surface area (Å²) in [4.78, 5) is 4.51. The van der Waals surface area contributed by atoms with E-state index in [0.717, 1.165) is 17.1 Å². The molecule has 0 atom stereocenters. The maximum atomic E-state index is 6.26. The first-order chi connectivity index (χ1) is 10.7. The van der Waals surface area contributed by atoms with Crippen LogP contribution in [-0.4, -0.2) is 16.0 Å². The van der Waals surface area contributed by atoms with Crippen molar-refractivity contribution in [1.82, 2.24) is 9.38 Å². The molecule has 3 nitrogen and oxygen atoms in total. The molecule has 2 aromatic heterocycles. The third kappa shape index (κ3) is 2.17. The van der Waals surface area contributed by atoms with Gasteiger partial charge in [0.25, 0.3) is 0 Å². The topological polar surface area (TPSA) is 26.5 Å². The van der Waals surface area contributed by atoms with Crippen molar-refractivity contribution < 1.29 is 4.74 Å². The molecule has 0 saturated heterocycles. The highest BCUT2D eigenvalue weighted by molar-refractivity contribution is 6.30. The van der Waals surface area contributed by atoms with Gasteiger partial charge in [-0.25, -0.2) is 4.98 Å². The minimum absolute atomic E-state index is 0.166. The summed E-state index contributed by atoms with van der Waals surface area (Å²) in [6.07, 6.45) is 4.26. The number of benzene rings is 1. The maximum Gasteiger partial charge on any atom is 0.181 e. The molecule has 0 N–H and O–H groups in total. The molecule has 1 aliphatic carbocycles. The summed E-state index contributed by atoms with van der Waals surface area (Å²) in [5.74, 6) is 0.791. The molecule has 0 radical (unpaired) electrons. The Kier molecular flexibility index (Phi) is 3.12. The molecular weight excluding hydrogens is 296 g/mol. The van der Waals surface area contributed by atoms with Gasteiger partial charge in [-0.1, -0.05) is 41.9 Å². The molecule has 4 rings (SSSR count). The van der Waals surface area contributed by atoms with Crippen molar-refractivity contribution >= 4 is 17.2 Å². The zero-order valence-electron chi connectivity index (χ0n) is 12.4. The molecule has 0 unspecified atom stereocenters. The molecule has 3 aromatic rings.